The minimum atomic E-state index is -3.75. The van der Waals surface area contributed by atoms with Crippen molar-refractivity contribution in [3.63, 3.8) is 0 Å². The van der Waals surface area contributed by atoms with Crippen molar-refractivity contribution in [3.8, 4) is 22.4 Å². The Morgan fingerprint density at radius 2 is 1.52 bits per heavy atom. The predicted molar refractivity (Wildman–Crippen MR) is 121 cm³/mol. The Morgan fingerprint density at radius 3 is 2.17 bits per heavy atom. The highest BCUT2D eigenvalue weighted by Crippen LogP contribution is 2.36. The lowest BCUT2D eigenvalue weighted by Crippen LogP contribution is -2.11. The van der Waals surface area contributed by atoms with Gasteiger partial charge in [-0.05, 0) is 48.0 Å². The van der Waals surface area contributed by atoms with Crippen molar-refractivity contribution in [2.75, 3.05) is 0 Å². The Morgan fingerprint density at radius 1 is 0.828 bits per heavy atom. The number of nitrogens with two attached hydrogens (primary N) is 1. The third kappa shape index (κ3) is 4.39. The minimum Gasteiger partial charge on any atom is -0.248 e. The summed E-state index contributed by atoms with van der Waals surface area (Å²) in [7, 11) is -3.75. The lowest BCUT2D eigenvalue weighted by Gasteiger charge is -2.12. The van der Waals surface area contributed by atoms with Gasteiger partial charge in [-0.15, -0.1) is 12.4 Å². The Kier molecular flexibility index (Phi) is 6.17. The summed E-state index contributed by atoms with van der Waals surface area (Å²) in [4.78, 5) is 4.76. The molecule has 0 aliphatic rings. The van der Waals surface area contributed by atoms with Crippen molar-refractivity contribution in [3.05, 3.63) is 82.8 Å². The molecule has 1 heterocycles. The molecule has 4 nitrogen and oxygen atoms in total. The molecule has 148 valence electrons. The summed E-state index contributed by atoms with van der Waals surface area (Å²) in [6.07, 6.45) is 0. The first-order valence-corrected chi connectivity index (χ1v) is 10.6. The zero-order valence-electron chi connectivity index (χ0n) is 14.8. The van der Waals surface area contributed by atoms with Crippen LogP contribution in [-0.2, 0) is 10.0 Å². The largest absolute Gasteiger partial charge is 0.248 e. The van der Waals surface area contributed by atoms with Crippen LogP contribution in [0, 0.1) is 0 Å². The highest BCUT2D eigenvalue weighted by atomic mass is 35.5. The van der Waals surface area contributed by atoms with Gasteiger partial charge in [0.15, 0.2) is 0 Å². The normalized spacial score (nSPS) is 11.3. The van der Waals surface area contributed by atoms with Gasteiger partial charge in [0.2, 0.25) is 10.0 Å². The molecule has 4 aromatic rings. The molecule has 0 saturated carbocycles. The van der Waals surface area contributed by atoms with Gasteiger partial charge in [-0.3, -0.25) is 0 Å². The van der Waals surface area contributed by atoms with E-state index in [0.29, 0.717) is 15.7 Å². The van der Waals surface area contributed by atoms with E-state index in [-0.39, 0.29) is 17.3 Å². The van der Waals surface area contributed by atoms with E-state index in [4.69, 9.17) is 33.3 Å². The molecule has 0 aliphatic carbocycles. The number of fused-ring (bicyclic) bond motifs is 1. The molecule has 8 heteroatoms. The summed E-state index contributed by atoms with van der Waals surface area (Å²) in [5.74, 6) is 0. The number of sulfonamides is 1. The standard InChI is InChI=1S/C21H14Cl2N2O2S.ClH/c22-14-7-10-20-18(11-14)17(16-3-1-2-4-19(16)23)12-21(25-20)13-5-8-15(9-6-13)28(24,26)27;/h1-12H,(H2,24,26,27);1H. The van der Waals surface area contributed by atoms with Gasteiger partial charge in [-0.1, -0.05) is 53.5 Å². The van der Waals surface area contributed by atoms with Crippen molar-refractivity contribution in [1.82, 2.24) is 4.98 Å². The van der Waals surface area contributed by atoms with Gasteiger partial charge in [0, 0.05) is 26.6 Å². The van der Waals surface area contributed by atoms with Gasteiger partial charge < -0.3 is 0 Å². The second kappa shape index (κ2) is 8.30. The number of rotatable bonds is 3. The van der Waals surface area contributed by atoms with Gasteiger partial charge in [-0.2, -0.15) is 0 Å². The van der Waals surface area contributed by atoms with Gasteiger partial charge >= 0.3 is 0 Å². The van der Waals surface area contributed by atoms with Crippen LogP contribution in [-0.4, -0.2) is 13.4 Å². The number of hydrogen-bond acceptors (Lipinski definition) is 3. The molecule has 0 radical (unpaired) electrons. The van der Waals surface area contributed by atoms with Gasteiger partial charge in [0.05, 0.1) is 16.1 Å². The summed E-state index contributed by atoms with van der Waals surface area (Å²) in [6, 6.07) is 21.2. The molecule has 0 saturated heterocycles. The van der Waals surface area contributed by atoms with Crippen LogP contribution in [0.5, 0.6) is 0 Å². The average Bonchev–Trinajstić information content (AvgIpc) is 2.67. The molecule has 3 aromatic carbocycles. The molecule has 0 atom stereocenters. The van der Waals surface area contributed by atoms with Crippen LogP contribution < -0.4 is 5.14 Å². The van der Waals surface area contributed by atoms with E-state index in [1.165, 1.54) is 12.1 Å². The fourth-order valence-corrected chi connectivity index (χ4v) is 3.99. The lowest BCUT2D eigenvalue weighted by molar-refractivity contribution is 0.598. The van der Waals surface area contributed by atoms with E-state index >= 15 is 0 Å². The van der Waals surface area contributed by atoms with Crippen LogP contribution in [0.25, 0.3) is 33.3 Å². The van der Waals surface area contributed by atoms with Crippen LogP contribution in [0.4, 0.5) is 0 Å². The Balaban J connectivity index is 0.00000240. The van der Waals surface area contributed by atoms with Crippen LogP contribution in [0.1, 0.15) is 0 Å². The molecule has 2 N–H and O–H groups in total. The zero-order valence-corrected chi connectivity index (χ0v) is 18.0. The summed E-state index contributed by atoms with van der Waals surface area (Å²) in [6.45, 7) is 0. The molecule has 0 spiro atoms. The molecule has 0 fully saturated rings. The van der Waals surface area contributed by atoms with Gasteiger partial charge in [0.1, 0.15) is 0 Å². The number of aromatic nitrogens is 1. The molecule has 0 unspecified atom stereocenters. The number of primary sulfonamides is 1. The first kappa shape index (κ1) is 21.6. The molecule has 4 rings (SSSR count). The fourth-order valence-electron chi connectivity index (χ4n) is 3.06. The van der Waals surface area contributed by atoms with Crippen LogP contribution >= 0.6 is 35.6 Å². The third-order valence-electron chi connectivity index (χ3n) is 4.41. The minimum absolute atomic E-state index is 0. The van der Waals surface area contributed by atoms with Crippen molar-refractivity contribution in [2.24, 2.45) is 5.14 Å². The molecule has 29 heavy (non-hydrogen) atoms. The van der Waals surface area contributed by atoms with Crippen LogP contribution in [0.2, 0.25) is 10.0 Å². The van der Waals surface area contributed by atoms with E-state index < -0.39 is 10.0 Å². The van der Waals surface area contributed by atoms with Gasteiger partial charge in [0.25, 0.3) is 0 Å². The quantitative estimate of drug-likeness (QED) is 0.406. The number of pyridine rings is 1. The first-order chi connectivity index (χ1) is 13.3. The average molecular weight is 466 g/mol. The van der Waals surface area contributed by atoms with Crippen molar-refractivity contribution in [2.45, 2.75) is 4.90 Å². The summed E-state index contributed by atoms with van der Waals surface area (Å²) in [5.41, 5.74) is 3.96. The summed E-state index contributed by atoms with van der Waals surface area (Å²) in [5, 5.41) is 7.28. The number of hydrogen-bond donors (Lipinski definition) is 1. The highest BCUT2D eigenvalue weighted by Gasteiger charge is 2.13. The monoisotopic (exact) mass is 464 g/mol. The SMILES string of the molecule is Cl.NS(=O)(=O)c1ccc(-c2cc(-c3ccccc3Cl)c3cc(Cl)ccc3n2)cc1. The number of halogens is 3. The van der Waals surface area contributed by atoms with Crippen LogP contribution in [0.15, 0.2) is 77.7 Å². The van der Waals surface area contributed by atoms with Gasteiger partial charge in [-0.25, -0.2) is 18.5 Å². The smallest absolute Gasteiger partial charge is 0.238 e. The van der Waals surface area contributed by atoms with Crippen molar-refractivity contribution >= 4 is 56.5 Å². The second-order valence-corrected chi connectivity index (χ2v) is 8.67. The summed E-state index contributed by atoms with van der Waals surface area (Å²) < 4.78 is 23.0. The molecular formula is C21H15Cl3N2O2S. The Bertz CT molecular complexity index is 1310. The van der Waals surface area contributed by atoms with Crippen molar-refractivity contribution in [1.29, 1.82) is 0 Å². The summed E-state index contributed by atoms with van der Waals surface area (Å²) >= 11 is 12.6. The van der Waals surface area contributed by atoms with E-state index in [1.807, 2.05) is 42.5 Å². The van der Waals surface area contributed by atoms with Crippen molar-refractivity contribution < 1.29 is 8.42 Å². The van der Waals surface area contributed by atoms with E-state index in [1.54, 1.807) is 18.2 Å². The van der Waals surface area contributed by atoms with Crippen LogP contribution in [0.3, 0.4) is 0 Å². The maximum atomic E-state index is 11.5. The third-order valence-corrected chi connectivity index (χ3v) is 5.91. The molecule has 0 bridgehead atoms. The lowest BCUT2D eigenvalue weighted by atomic mass is 9.98. The molecule has 0 amide bonds. The Labute approximate surface area is 184 Å². The topological polar surface area (TPSA) is 73.1 Å². The number of nitrogens with zero attached hydrogens (tertiary/aromatic N) is 1. The van der Waals surface area contributed by atoms with E-state index in [9.17, 15) is 8.42 Å². The highest BCUT2D eigenvalue weighted by molar-refractivity contribution is 7.89. The van der Waals surface area contributed by atoms with E-state index in [2.05, 4.69) is 0 Å². The maximum absolute atomic E-state index is 11.5. The number of benzene rings is 3. The zero-order chi connectivity index (χ0) is 19.9. The molecule has 0 aliphatic heterocycles. The molecular weight excluding hydrogens is 451 g/mol. The first-order valence-electron chi connectivity index (χ1n) is 8.31. The predicted octanol–water partition coefficient (Wildman–Crippen LogP) is 5.94. The van der Waals surface area contributed by atoms with E-state index in [0.717, 1.165) is 27.6 Å². The maximum Gasteiger partial charge on any atom is 0.238 e. The molecule has 1 aromatic heterocycles. The Hall–Kier alpha value is -2.15. The second-order valence-electron chi connectivity index (χ2n) is 6.27. The fraction of sp³-hybridized carbons (Fsp3) is 0.